The number of H-pyrrole nitrogens is 1. The van der Waals surface area contributed by atoms with Gasteiger partial charge in [-0.3, -0.25) is 4.79 Å². The Kier molecular flexibility index (Phi) is 5.02. The van der Waals surface area contributed by atoms with Crippen LogP contribution in [0.2, 0.25) is 0 Å². The Balaban J connectivity index is 1.39. The summed E-state index contributed by atoms with van der Waals surface area (Å²) in [5.41, 5.74) is 1.07. The molecule has 2 fully saturated rings. The average molecular weight is 374 g/mol. The lowest BCUT2D eigenvalue weighted by molar-refractivity contribution is -0.134. The molecular formula is C18H23FN6O2. The first-order valence-electron chi connectivity index (χ1n) is 9.23. The summed E-state index contributed by atoms with van der Waals surface area (Å²) in [6.07, 6.45) is 1.74. The molecule has 2 aliphatic heterocycles. The summed E-state index contributed by atoms with van der Waals surface area (Å²) in [4.78, 5) is 16.5. The normalized spacial score (nSPS) is 22.4. The molecule has 144 valence electrons. The number of ether oxygens (including phenoxy) is 1. The molecule has 1 aromatic carbocycles. The Bertz CT molecular complexity index is 793. The van der Waals surface area contributed by atoms with Crippen molar-refractivity contribution >= 4 is 11.6 Å². The largest absolute Gasteiger partial charge is 0.381 e. The summed E-state index contributed by atoms with van der Waals surface area (Å²) >= 11 is 0. The van der Waals surface area contributed by atoms with Crippen LogP contribution in [-0.4, -0.2) is 71.3 Å². The molecule has 0 aliphatic carbocycles. The summed E-state index contributed by atoms with van der Waals surface area (Å²) in [7, 11) is 1.85. The van der Waals surface area contributed by atoms with Gasteiger partial charge in [0.2, 0.25) is 11.7 Å². The van der Waals surface area contributed by atoms with E-state index in [1.165, 1.54) is 6.07 Å². The highest BCUT2D eigenvalue weighted by Crippen LogP contribution is 2.29. The molecule has 2 unspecified atom stereocenters. The van der Waals surface area contributed by atoms with E-state index in [-0.39, 0.29) is 17.6 Å². The molecule has 2 atom stereocenters. The maximum Gasteiger partial charge on any atom is 0.227 e. The number of nitrogens with zero attached hydrogens (tertiary/aromatic N) is 5. The second-order valence-corrected chi connectivity index (χ2v) is 7.28. The Morgan fingerprint density at radius 2 is 2.33 bits per heavy atom. The standard InChI is InChI=1S/C18H23FN6O2/c1-24(9-12-5-7-27-11-12)18(26)14-4-6-25(10-14)16-3-2-13(8-15(16)19)17-20-22-23-21-17/h2-3,8,12,14H,4-7,9-11H2,1H3,(H,20,21,22,23). The van der Waals surface area contributed by atoms with Crippen molar-refractivity contribution in [3.05, 3.63) is 24.0 Å². The fourth-order valence-corrected chi connectivity index (χ4v) is 3.88. The van der Waals surface area contributed by atoms with E-state index in [4.69, 9.17) is 4.74 Å². The van der Waals surface area contributed by atoms with Gasteiger partial charge in [-0.15, -0.1) is 10.2 Å². The lowest BCUT2D eigenvalue weighted by Crippen LogP contribution is -2.37. The van der Waals surface area contributed by atoms with Gasteiger partial charge in [-0.25, -0.2) is 4.39 Å². The van der Waals surface area contributed by atoms with Crippen molar-refractivity contribution < 1.29 is 13.9 Å². The van der Waals surface area contributed by atoms with Crippen LogP contribution in [0.3, 0.4) is 0 Å². The number of amides is 1. The highest BCUT2D eigenvalue weighted by atomic mass is 19.1. The predicted molar refractivity (Wildman–Crippen MR) is 96.5 cm³/mol. The summed E-state index contributed by atoms with van der Waals surface area (Å²) in [6, 6.07) is 4.89. The molecule has 3 heterocycles. The number of hydrogen-bond acceptors (Lipinski definition) is 6. The number of hydrogen-bond donors (Lipinski definition) is 1. The number of anilines is 1. The summed E-state index contributed by atoms with van der Waals surface area (Å²) in [6.45, 7) is 3.43. The molecule has 2 aliphatic rings. The molecule has 8 nitrogen and oxygen atoms in total. The van der Waals surface area contributed by atoms with E-state index in [2.05, 4.69) is 20.6 Å². The molecule has 2 saturated heterocycles. The van der Waals surface area contributed by atoms with Crippen molar-refractivity contribution in [2.75, 3.05) is 44.8 Å². The number of aromatic nitrogens is 4. The minimum absolute atomic E-state index is 0.103. The molecule has 0 radical (unpaired) electrons. The first-order valence-corrected chi connectivity index (χ1v) is 9.23. The van der Waals surface area contributed by atoms with Gasteiger partial charge >= 0.3 is 0 Å². The van der Waals surface area contributed by atoms with E-state index >= 15 is 0 Å². The second-order valence-electron chi connectivity index (χ2n) is 7.28. The van der Waals surface area contributed by atoms with E-state index in [0.29, 0.717) is 36.1 Å². The van der Waals surface area contributed by atoms with Crippen molar-refractivity contribution in [2.24, 2.45) is 11.8 Å². The fraction of sp³-hybridized carbons (Fsp3) is 0.556. The van der Waals surface area contributed by atoms with Gasteiger partial charge in [0.05, 0.1) is 18.2 Å². The van der Waals surface area contributed by atoms with Gasteiger partial charge in [-0.05, 0) is 36.3 Å². The summed E-state index contributed by atoms with van der Waals surface area (Å²) < 4.78 is 20.0. The van der Waals surface area contributed by atoms with Crippen molar-refractivity contribution in [3.8, 4) is 11.4 Å². The Labute approximate surface area is 156 Å². The summed E-state index contributed by atoms with van der Waals surface area (Å²) in [5, 5.41) is 13.6. The quantitative estimate of drug-likeness (QED) is 0.850. The van der Waals surface area contributed by atoms with Crippen LogP contribution in [0.1, 0.15) is 12.8 Å². The third-order valence-electron chi connectivity index (χ3n) is 5.36. The molecule has 0 saturated carbocycles. The molecule has 1 amide bonds. The number of halogens is 1. The Hall–Kier alpha value is -2.55. The Morgan fingerprint density at radius 3 is 3.04 bits per heavy atom. The third kappa shape index (κ3) is 3.78. The second kappa shape index (κ2) is 7.59. The highest BCUT2D eigenvalue weighted by Gasteiger charge is 2.32. The van der Waals surface area contributed by atoms with Gasteiger partial charge < -0.3 is 14.5 Å². The van der Waals surface area contributed by atoms with E-state index in [9.17, 15) is 9.18 Å². The Morgan fingerprint density at radius 1 is 1.44 bits per heavy atom. The number of benzene rings is 1. The topological polar surface area (TPSA) is 87.2 Å². The molecule has 0 bridgehead atoms. The zero-order valence-corrected chi connectivity index (χ0v) is 15.3. The highest BCUT2D eigenvalue weighted by molar-refractivity contribution is 5.80. The van der Waals surface area contributed by atoms with E-state index < -0.39 is 0 Å². The number of carbonyl (C=O) groups excluding carboxylic acids is 1. The molecule has 0 spiro atoms. The first-order chi connectivity index (χ1) is 13.1. The number of aromatic amines is 1. The molecule has 1 aromatic heterocycles. The van der Waals surface area contributed by atoms with Crippen LogP contribution in [0.15, 0.2) is 18.2 Å². The van der Waals surface area contributed by atoms with Crippen molar-refractivity contribution in [3.63, 3.8) is 0 Å². The van der Waals surface area contributed by atoms with Crippen molar-refractivity contribution in [1.29, 1.82) is 0 Å². The minimum atomic E-state index is -0.346. The average Bonchev–Trinajstić information content (AvgIpc) is 3.42. The number of rotatable bonds is 5. The van der Waals surface area contributed by atoms with Crippen LogP contribution in [0.25, 0.3) is 11.4 Å². The van der Waals surface area contributed by atoms with Crippen LogP contribution in [0, 0.1) is 17.7 Å². The van der Waals surface area contributed by atoms with Crippen LogP contribution < -0.4 is 4.90 Å². The molecule has 4 rings (SSSR count). The number of tetrazole rings is 1. The first kappa shape index (κ1) is 17.8. The van der Waals surface area contributed by atoms with Crippen LogP contribution in [-0.2, 0) is 9.53 Å². The van der Waals surface area contributed by atoms with Crippen molar-refractivity contribution in [1.82, 2.24) is 25.5 Å². The van der Waals surface area contributed by atoms with Gasteiger partial charge in [0.1, 0.15) is 5.82 Å². The molecular weight excluding hydrogens is 351 g/mol. The maximum atomic E-state index is 14.6. The van der Waals surface area contributed by atoms with Crippen molar-refractivity contribution in [2.45, 2.75) is 12.8 Å². The third-order valence-corrected chi connectivity index (χ3v) is 5.36. The van der Waals surface area contributed by atoms with Gasteiger partial charge in [-0.1, -0.05) is 0 Å². The smallest absolute Gasteiger partial charge is 0.227 e. The number of carbonyl (C=O) groups is 1. The maximum absolute atomic E-state index is 14.6. The van der Waals surface area contributed by atoms with E-state index in [1.54, 1.807) is 12.1 Å². The fourth-order valence-electron chi connectivity index (χ4n) is 3.88. The van der Waals surface area contributed by atoms with Gasteiger partial charge in [0.25, 0.3) is 0 Å². The van der Waals surface area contributed by atoms with Gasteiger partial charge in [0, 0.05) is 44.8 Å². The van der Waals surface area contributed by atoms with Crippen LogP contribution in [0.4, 0.5) is 10.1 Å². The lowest BCUT2D eigenvalue weighted by Gasteiger charge is -2.24. The van der Waals surface area contributed by atoms with E-state index in [0.717, 1.165) is 32.6 Å². The van der Waals surface area contributed by atoms with Gasteiger partial charge in [0.15, 0.2) is 0 Å². The molecule has 2 aromatic rings. The lowest BCUT2D eigenvalue weighted by atomic mass is 10.1. The van der Waals surface area contributed by atoms with E-state index in [1.807, 2.05) is 16.8 Å². The summed E-state index contributed by atoms with van der Waals surface area (Å²) in [5.74, 6) is 0.461. The zero-order chi connectivity index (χ0) is 18.8. The molecule has 9 heteroatoms. The zero-order valence-electron chi connectivity index (χ0n) is 15.3. The van der Waals surface area contributed by atoms with Crippen LogP contribution >= 0.6 is 0 Å². The molecule has 27 heavy (non-hydrogen) atoms. The number of nitrogens with one attached hydrogen (secondary N) is 1. The monoisotopic (exact) mass is 374 g/mol. The van der Waals surface area contributed by atoms with Gasteiger partial charge in [-0.2, -0.15) is 5.21 Å². The minimum Gasteiger partial charge on any atom is -0.381 e. The van der Waals surface area contributed by atoms with Crippen LogP contribution in [0.5, 0.6) is 0 Å². The predicted octanol–water partition coefficient (Wildman–Crippen LogP) is 1.33. The molecule has 1 N–H and O–H groups in total. The SMILES string of the molecule is CN(CC1CCOC1)C(=O)C1CCN(c2ccc(-c3nn[nH]n3)cc2F)C1.